The largest absolute Gasteiger partial charge is 0.497 e. The molecule has 8 nitrogen and oxygen atoms in total. The van der Waals surface area contributed by atoms with Crippen LogP contribution in [-0.4, -0.2) is 54.4 Å². The quantitative estimate of drug-likeness (QED) is 0.593. The Balaban J connectivity index is 1.39. The molecule has 0 saturated carbocycles. The highest BCUT2D eigenvalue weighted by Crippen LogP contribution is 2.26. The van der Waals surface area contributed by atoms with Gasteiger partial charge in [-0.2, -0.15) is 4.98 Å². The number of carbonyl (C=O) groups excluding carboxylic acids is 1. The summed E-state index contributed by atoms with van der Waals surface area (Å²) in [4.78, 5) is 18.4. The van der Waals surface area contributed by atoms with Crippen molar-refractivity contribution < 1.29 is 32.3 Å². The zero-order valence-corrected chi connectivity index (χ0v) is 16.6. The lowest BCUT2D eigenvalue weighted by Gasteiger charge is -2.31. The molecule has 1 saturated heterocycles. The van der Waals surface area contributed by atoms with Gasteiger partial charge in [-0.25, -0.2) is 8.78 Å². The second kappa shape index (κ2) is 9.09. The molecule has 0 aliphatic carbocycles. The van der Waals surface area contributed by atoms with Crippen molar-refractivity contribution >= 4 is 5.91 Å². The topological polar surface area (TPSA) is 86.9 Å². The van der Waals surface area contributed by atoms with E-state index in [0.29, 0.717) is 29.7 Å². The van der Waals surface area contributed by atoms with E-state index in [4.69, 9.17) is 18.7 Å². The molecule has 0 spiro atoms. The van der Waals surface area contributed by atoms with Gasteiger partial charge in [-0.1, -0.05) is 17.3 Å². The summed E-state index contributed by atoms with van der Waals surface area (Å²) < 4.78 is 48.1. The Kier molecular flexibility index (Phi) is 6.08. The zero-order chi connectivity index (χ0) is 21.8. The first-order valence-electron chi connectivity index (χ1n) is 9.49. The Bertz CT molecular complexity index is 1070. The third kappa shape index (κ3) is 4.80. The second-order valence-corrected chi connectivity index (χ2v) is 6.75. The monoisotopic (exact) mass is 431 g/mol. The molecule has 10 heteroatoms. The fourth-order valence-corrected chi connectivity index (χ4v) is 3.09. The maximum atomic E-state index is 13.7. The number of amides is 1. The normalized spacial score (nSPS) is 16.2. The molecule has 1 aromatic heterocycles. The van der Waals surface area contributed by atoms with Gasteiger partial charge in [-0.15, -0.1) is 0 Å². The van der Waals surface area contributed by atoms with Crippen LogP contribution < -0.4 is 9.47 Å². The van der Waals surface area contributed by atoms with Crippen molar-refractivity contribution in [2.24, 2.45) is 0 Å². The van der Waals surface area contributed by atoms with Gasteiger partial charge in [0, 0.05) is 18.2 Å². The first-order chi connectivity index (χ1) is 15.0. The van der Waals surface area contributed by atoms with Crippen molar-refractivity contribution in [3.8, 4) is 22.9 Å². The van der Waals surface area contributed by atoms with Crippen LogP contribution in [0.2, 0.25) is 0 Å². The Morgan fingerprint density at radius 3 is 2.94 bits per heavy atom. The van der Waals surface area contributed by atoms with E-state index in [0.717, 1.165) is 12.1 Å². The summed E-state index contributed by atoms with van der Waals surface area (Å²) in [7, 11) is 1.57. The minimum atomic E-state index is -0.872. The molecule has 1 amide bonds. The van der Waals surface area contributed by atoms with Gasteiger partial charge in [0.2, 0.25) is 5.82 Å². The van der Waals surface area contributed by atoms with Crippen molar-refractivity contribution in [2.45, 2.75) is 6.10 Å². The molecule has 1 fully saturated rings. The van der Waals surface area contributed by atoms with Crippen LogP contribution in [0.25, 0.3) is 11.4 Å². The Morgan fingerprint density at radius 1 is 1.26 bits per heavy atom. The highest BCUT2D eigenvalue weighted by Gasteiger charge is 2.30. The average molecular weight is 431 g/mol. The Morgan fingerprint density at radius 2 is 2.13 bits per heavy atom. The van der Waals surface area contributed by atoms with Gasteiger partial charge in [0.1, 0.15) is 11.6 Å². The smallest absolute Gasteiger partial charge is 0.260 e. The first kappa shape index (κ1) is 20.7. The third-order valence-corrected chi connectivity index (χ3v) is 4.71. The standard InChI is InChI=1S/C21H19F2N3O5/c1-28-15-4-2-3-13(9-15)20-24-21(31-25-20)18-11-26(7-8-29-18)19(27)12-30-17-6-5-14(22)10-16(17)23/h2-6,9-10,18H,7-8,11-12H2,1H3/t18-/m0/s1. The highest BCUT2D eigenvalue weighted by atomic mass is 19.1. The number of rotatable bonds is 6. The van der Waals surface area contributed by atoms with Crippen molar-refractivity contribution in [1.82, 2.24) is 15.0 Å². The second-order valence-electron chi connectivity index (χ2n) is 6.75. The zero-order valence-electron chi connectivity index (χ0n) is 16.6. The molecule has 0 bridgehead atoms. The maximum Gasteiger partial charge on any atom is 0.260 e. The number of hydrogen-bond donors (Lipinski definition) is 0. The van der Waals surface area contributed by atoms with Crippen LogP contribution >= 0.6 is 0 Å². The number of morpholine rings is 1. The number of halogens is 2. The van der Waals surface area contributed by atoms with Crippen LogP contribution in [0.1, 0.15) is 12.0 Å². The molecule has 31 heavy (non-hydrogen) atoms. The molecule has 4 rings (SSSR count). The third-order valence-electron chi connectivity index (χ3n) is 4.71. The van der Waals surface area contributed by atoms with E-state index in [1.54, 1.807) is 19.2 Å². The number of nitrogens with zero attached hydrogens (tertiary/aromatic N) is 3. The Labute approximate surface area is 176 Å². The lowest BCUT2D eigenvalue weighted by molar-refractivity contribution is -0.142. The fraction of sp³-hybridized carbons (Fsp3) is 0.286. The number of ether oxygens (including phenoxy) is 3. The van der Waals surface area contributed by atoms with E-state index in [9.17, 15) is 13.6 Å². The summed E-state index contributed by atoms with van der Waals surface area (Å²) in [5, 5.41) is 3.98. The lowest BCUT2D eigenvalue weighted by atomic mass is 10.2. The summed E-state index contributed by atoms with van der Waals surface area (Å²) in [5.41, 5.74) is 0.716. The first-order valence-corrected chi connectivity index (χ1v) is 9.49. The molecule has 0 N–H and O–H groups in total. The molecule has 162 valence electrons. The number of hydrogen-bond acceptors (Lipinski definition) is 7. The van der Waals surface area contributed by atoms with Gasteiger partial charge < -0.3 is 23.6 Å². The summed E-state index contributed by atoms with van der Waals surface area (Å²) in [5.74, 6) is -0.892. The molecule has 0 radical (unpaired) electrons. The van der Waals surface area contributed by atoms with Crippen molar-refractivity contribution in [1.29, 1.82) is 0 Å². The van der Waals surface area contributed by atoms with Crippen molar-refractivity contribution in [2.75, 3.05) is 33.4 Å². The summed E-state index contributed by atoms with van der Waals surface area (Å²) in [6.07, 6.45) is -0.605. The molecule has 2 heterocycles. The van der Waals surface area contributed by atoms with Crippen molar-refractivity contribution in [3.05, 3.63) is 60.0 Å². The van der Waals surface area contributed by atoms with Crippen LogP contribution in [0.15, 0.2) is 47.0 Å². The predicted molar refractivity (Wildman–Crippen MR) is 103 cm³/mol. The maximum absolute atomic E-state index is 13.7. The van der Waals surface area contributed by atoms with Crippen LogP contribution in [0.4, 0.5) is 8.78 Å². The van der Waals surface area contributed by atoms with Gasteiger partial charge >= 0.3 is 0 Å². The fourth-order valence-electron chi connectivity index (χ4n) is 3.09. The van der Waals surface area contributed by atoms with E-state index in [1.165, 1.54) is 4.90 Å². The van der Waals surface area contributed by atoms with E-state index in [-0.39, 0.29) is 30.7 Å². The molecular weight excluding hydrogens is 412 g/mol. The minimum absolute atomic E-state index is 0.174. The van der Waals surface area contributed by atoms with Crippen LogP contribution in [0.5, 0.6) is 11.5 Å². The van der Waals surface area contributed by atoms with Crippen LogP contribution in [0.3, 0.4) is 0 Å². The number of aromatic nitrogens is 2. The summed E-state index contributed by atoms with van der Waals surface area (Å²) in [6, 6.07) is 10.1. The van der Waals surface area contributed by atoms with Gasteiger partial charge in [0.05, 0.1) is 20.3 Å². The molecule has 1 atom stereocenters. The predicted octanol–water partition coefficient (Wildman–Crippen LogP) is 3.00. The molecule has 1 aliphatic heterocycles. The van der Waals surface area contributed by atoms with Gasteiger partial charge in [0.25, 0.3) is 11.8 Å². The molecule has 1 aliphatic rings. The van der Waals surface area contributed by atoms with E-state index >= 15 is 0 Å². The number of benzene rings is 2. The van der Waals surface area contributed by atoms with E-state index in [1.807, 2.05) is 12.1 Å². The highest BCUT2D eigenvalue weighted by molar-refractivity contribution is 5.78. The van der Waals surface area contributed by atoms with Crippen LogP contribution in [0, 0.1) is 11.6 Å². The number of carbonyl (C=O) groups is 1. The number of methoxy groups -OCH3 is 1. The summed E-state index contributed by atoms with van der Waals surface area (Å²) >= 11 is 0. The van der Waals surface area contributed by atoms with E-state index in [2.05, 4.69) is 10.1 Å². The van der Waals surface area contributed by atoms with Gasteiger partial charge in [-0.05, 0) is 24.3 Å². The Hall–Kier alpha value is -3.53. The minimum Gasteiger partial charge on any atom is -0.497 e. The van der Waals surface area contributed by atoms with Gasteiger partial charge in [-0.3, -0.25) is 4.79 Å². The molecule has 0 unspecified atom stereocenters. The summed E-state index contributed by atoms with van der Waals surface area (Å²) in [6.45, 7) is 0.377. The lowest BCUT2D eigenvalue weighted by Crippen LogP contribution is -2.44. The van der Waals surface area contributed by atoms with Crippen molar-refractivity contribution in [3.63, 3.8) is 0 Å². The van der Waals surface area contributed by atoms with Crippen LogP contribution in [-0.2, 0) is 9.53 Å². The molecular formula is C21H19F2N3O5. The molecule has 2 aromatic carbocycles. The average Bonchev–Trinajstić information content (AvgIpc) is 3.29. The SMILES string of the molecule is COc1cccc(-c2noc([C@@H]3CN(C(=O)COc4ccc(F)cc4F)CCO3)n2)c1. The van der Waals surface area contributed by atoms with Gasteiger partial charge in [0.15, 0.2) is 24.3 Å². The van der Waals surface area contributed by atoms with E-state index < -0.39 is 24.3 Å². The molecule has 3 aromatic rings.